The van der Waals surface area contributed by atoms with E-state index in [9.17, 15) is 4.79 Å². The van der Waals surface area contributed by atoms with Gasteiger partial charge in [-0.3, -0.25) is 14.7 Å². The molecule has 2 N–H and O–H groups in total. The Kier molecular flexibility index (Phi) is 9.25. The molecule has 0 spiro atoms. The Balaban J connectivity index is 1.42. The van der Waals surface area contributed by atoms with Crippen LogP contribution in [0.3, 0.4) is 0 Å². The Morgan fingerprint density at radius 3 is 2.60 bits per heavy atom. The maximum atomic E-state index is 15.0. The van der Waals surface area contributed by atoms with Gasteiger partial charge in [0.15, 0.2) is 0 Å². The molecule has 0 unspecified atom stereocenters. The first-order valence-electron chi connectivity index (χ1n) is 14.1. The molecular weight excluding hydrogens is 551 g/mol. The highest BCUT2D eigenvalue weighted by Gasteiger charge is 2.19. The van der Waals surface area contributed by atoms with Gasteiger partial charge in [-0.2, -0.15) is 4.98 Å². The molecule has 2 aromatic heterocycles. The summed E-state index contributed by atoms with van der Waals surface area (Å²) in [5.41, 5.74) is 6.66. The first kappa shape index (κ1) is 29.4. The van der Waals surface area contributed by atoms with E-state index in [1.54, 1.807) is 12.4 Å². The monoisotopic (exact) mass is 584 g/mol. The van der Waals surface area contributed by atoms with Gasteiger partial charge in [0.05, 0.1) is 0 Å². The number of aryl methyl sites for hydroxylation is 1. The van der Waals surface area contributed by atoms with Gasteiger partial charge in [-0.1, -0.05) is 29.8 Å². The molecule has 0 saturated carbocycles. The Morgan fingerprint density at radius 1 is 1.12 bits per heavy atom. The summed E-state index contributed by atoms with van der Waals surface area (Å²) in [6.07, 6.45) is 7.93. The SMILES string of the molecule is CCN(C=O)c1nc(Nc2ccc(C3CCNCC3)c(F)c2)ncc1/C=C(\C)c1ccc(-c2ccnc(C)c2)cc1Cl. The average molecular weight is 585 g/mol. The maximum absolute atomic E-state index is 15.0. The molecule has 0 atom stereocenters. The topological polar surface area (TPSA) is 83.0 Å². The fraction of sp³-hybridized carbons (Fsp3) is 0.273. The van der Waals surface area contributed by atoms with Crippen molar-refractivity contribution >= 4 is 47.1 Å². The van der Waals surface area contributed by atoms with Crippen LogP contribution in [0.1, 0.15) is 55.0 Å². The highest BCUT2D eigenvalue weighted by molar-refractivity contribution is 6.32. The van der Waals surface area contributed by atoms with Crippen LogP contribution in [0.25, 0.3) is 22.8 Å². The summed E-state index contributed by atoms with van der Waals surface area (Å²) in [6.45, 7) is 7.99. The quantitative estimate of drug-likeness (QED) is 0.200. The predicted octanol–water partition coefficient (Wildman–Crippen LogP) is 7.39. The minimum absolute atomic E-state index is 0.215. The van der Waals surface area contributed by atoms with E-state index in [0.29, 0.717) is 28.6 Å². The molecule has 1 saturated heterocycles. The van der Waals surface area contributed by atoms with Crippen molar-refractivity contribution in [3.8, 4) is 11.1 Å². The summed E-state index contributed by atoms with van der Waals surface area (Å²) in [5, 5.41) is 7.03. The molecule has 4 aromatic rings. The summed E-state index contributed by atoms with van der Waals surface area (Å²) in [4.78, 5) is 26.8. The van der Waals surface area contributed by atoms with Crippen LogP contribution in [-0.2, 0) is 4.79 Å². The van der Waals surface area contributed by atoms with Crippen LogP contribution < -0.4 is 15.5 Å². The smallest absolute Gasteiger partial charge is 0.229 e. The maximum Gasteiger partial charge on any atom is 0.229 e. The lowest BCUT2D eigenvalue weighted by atomic mass is 9.90. The third-order valence-corrected chi connectivity index (χ3v) is 7.88. The van der Waals surface area contributed by atoms with Crippen LogP contribution in [0.4, 0.5) is 21.8 Å². The molecule has 9 heteroatoms. The molecule has 0 bridgehead atoms. The summed E-state index contributed by atoms with van der Waals surface area (Å²) < 4.78 is 15.0. The summed E-state index contributed by atoms with van der Waals surface area (Å²) >= 11 is 6.73. The zero-order valence-electron chi connectivity index (χ0n) is 24.0. The average Bonchev–Trinajstić information content (AvgIpc) is 2.99. The molecule has 5 rings (SSSR count). The van der Waals surface area contributed by atoms with E-state index < -0.39 is 0 Å². The van der Waals surface area contributed by atoms with Crippen molar-refractivity contribution in [3.05, 3.63) is 94.1 Å². The van der Waals surface area contributed by atoms with Crippen LogP contribution in [0.2, 0.25) is 5.02 Å². The number of hydrogen-bond donors (Lipinski definition) is 2. The zero-order chi connectivity index (χ0) is 29.6. The van der Waals surface area contributed by atoms with Gasteiger partial charge >= 0.3 is 0 Å². The van der Waals surface area contributed by atoms with E-state index in [1.807, 2.05) is 69.3 Å². The summed E-state index contributed by atoms with van der Waals surface area (Å²) in [6, 6.07) is 15.1. The Hall–Kier alpha value is -4.14. The normalized spacial score (nSPS) is 14.1. The van der Waals surface area contributed by atoms with E-state index in [4.69, 9.17) is 11.6 Å². The molecule has 42 heavy (non-hydrogen) atoms. The van der Waals surface area contributed by atoms with Gasteiger partial charge in [-0.15, -0.1) is 0 Å². The number of benzene rings is 2. The van der Waals surface area contributed by atoms with Crippen LogP contribution >= 0.6 is 11.6 Å². The number of rotatable bonds is 9. The van der Waals surface area contributed by atoms with E-state index in [1.165, 1.54) is 11.0 Å². The number of amides is 1. The number of allylic oxidation sites excluding steroid dienone is 1. The van der Waals surface area contributed by atoms with E-state index >= 15 is 4.39 Å². The molecule has 7 nitrogen and oxygen atoms in total. The predicted molar refractivity (Wildman–Crippen MR) is 169 cm³/mol. The van der Waals surface area contributed by atoms with Crippen molar-refractivity contribution in [2.75, 3.05) is 29.9 Å². The second-order valence-corrected chi connectivity index (χ2v) is 10.9. The number of halogens is 2. The van der Waals surface area contributed by atoms with Gasteiger partial charge in [-0.05, 0) is 117 Å². The number of nitrogens with one attached hydrogen (secondary N) is 2. The lowest BCUT2D eigenvalue weighted by Crippen LogP contribution is -2.27. The minimum atomic E-state index is -0.243. The molecular formula is C33H34ClFN6O. The van der Waals surface area contributed by atoms with Crippen molar-refractivity contribution in [1.29, 1.82) is 0 Å². The fourth-order valence-corrected chi connectivity index (χ4v) is 5.63. The van der Waals surface area contributed by atoms with E-state index in [2.05, 4.69) is 25.6 Å². The van der Waals surface area contributed by atoms with Crippen LogP contribution in [0, 0.1) is 12.7 Å². The van der Waals surface area contributed by atoms with Crippen LogP contribution in [0.15, 0.2) is 60.9 Å². The first-order valence-corrected chi connectivity index (χ1v) is 14.5. The molecule has 1 fully saturated rings. The number of piperidine rings is 1. The Bertz CT molecular complexity index is 1620. The number of nitrogens with zero attached hydrogens (tertiary/aromatic N) is 4. The van der Waals surface area contributed by atoms with Gasteiger partial charge in [0, 0.05) is 40.9 Å². The number of carbonyl (C=O) groups is 1. The molecule has 216 valence electrons. The lowest BCUT2D eigenvalue weighted by molar-refractivity contribution is -0.107. The number of pyridine rings is 1. The zero-order valence-corrected chi connectivity index (χ0v) is 24.8. The highest BCUT2D eigenvalue weighted by atomic mass is 35.5. The summed E-state index contributed by atoms with van der Waals surface area (Å²) in [7, 11) is 0. The number of carbonyl (C=O) groups excluding carboxylic acids is 1. The first-order chi connectivity index (χ1) is 20.4. The van der Waals surface area contributed by atoms with E-state index in [0.717, 1.165) is 65.9 Å². The van der Waals surface area contributed by atoms with Crippen molar-refractivity contribution in [3.63, 3.8) is 0 Å². The second-order valence-electron chi connectivity index (χ2n) is 10.5. The standard InChI is InChI=1S/C33H34ClFN6O/c1-4-41(20-42)32-26(15-21(2)28-7-5-24(17-30(28)34)25-11-14-37-22(3)16-25)19-38-33(40-32)39-27-6-8-29(31(35)18-27)23-9-12-36-13-10-23/h5-8,11,14-20,23,36H,4,9-10,12-13H2,1-3H3,(H,38,39,40)/b21-15+. The Morgan fingerprint density at radius 2 is 1.90 bits per heavy atom. The molecule has 2 aromatic carbocycles. The van der Waals surface area contributed by atoms with Crippen molar-refractivity contribution < 1.29 is 9.18 Å². The van der Waals surface area contributed by atoms with Crippen LogP contribution in [-0.4, -0.2) is 41.0 Å². The molecule has 3 heterocycles. The van der Waals surface area contributed by atoms with Gasteiger partial charge < -0.3 is 10.6 Å². The molecule has 0 radical (unpaired) electrons. The molecule has 1 aliphatic heterocycles. The van der Waals surface area contributed by atoms with Crippen molar-refractivity contribution in [1.82, 2.24) is 20.3 Å². The van der Waals surface area contributed by atoms with Crippen molar-refractivity contribution in [2.24, 2.45) is 0 Å². The third-order valence-electron chi connectivity index (χ3n) is 7.57. The molecule has 0 aliphatic carbocycles. The second kappa shape index (κ2) is 13.2. The van der Waals surface area contributed by atoms with E-state index in [-0.39, 0.29) is 17.7 Å². The highest BCUT2D eigenvalue weighted by Crippen LogP contribution is 2.33. The van der Waals surface area contributed by atoms with Gasteiger partial charge in [0.25, 0.3) is 0 Å². The number of anilines is 3. The number of hydrogen-bond acceptors (Lipinski definition) is 6. The largest absolute Gasteiger partial charge is 0.324 e. The van der Waals surface area contributed by atoms with Gasteiger partial charge in [0.1, 0.15) is 11.6 Å². The van der Waals surface area contributed by atoms with Gasteiger partial charge in [-0.25, -0.2) is 9.37 Å². The molecule has 1 aliphatic rings. The van der Waals surface area contributed by atoms with Gasteiger partial charge in [0.2, 0.25) is 12.4 Å². The Labute approximate surface area is 250 Å². The van der Waals surface area contributed by atoms with Crippen molar-refractivity contribution in [2.45, 2.75) is 39.5 Å². The lowest BCUT2D eigenvalue weighted by Gasteiger charge is -2.23. The molecule has 1 amide bonds. The summed E-state index contributed by atoms with van der Waals surface area (Å²) in [5.74, 6) is 0.681. The number of aromatic nitrogens is 3. The fourth-order valence-electron chi connectivity index (χ4n) is 5.30. The third kappa shape index (κ3) is 6.66. The van der Waals surface area contributed by atoms with Crippen LogP contribution in [0.5, 0.6) is 0 Å². The minimum Gasteiger partial charge on any atom is -0.324 e.